The number of anilines is 1. The molecule has 0 saturated carbocycles. The third-order valence-corrected chi connectivity index (χ3v) is 4.29. The molecule has 6 heteroatoms. The molecule has 1 heterocycles. The fourth-order valence-electron chi connectivity index (χ4n) is 2.65. The number of carbonyl (C=O) groups excluding carboxylic acids is 1. The molecular weight excluding hydrogens is 331 g/mol. The summed E-state index contributed by atoms with van der Waals surface area (Å²) < 4.78 is 20.1. The second-order valence-corrected chi connectivity index (χ2v) is 6.08. The van der Waals surface area contributed by atoms with Crippen LogP contribution in [0.25, 0.3) is 0 Å². The summed E-state index contributed by atoms with van der Waals surface area (Å²) in [5.41, 5.74) is 1.76. The van der Waals surface area contributed by atoms with Gasteiger partial charge in [0, 0.05) is 6.54 Å². The Hall–Kier alpha value is -2.11. The highest BCUT2D eigenvalue weighted by molar-refractivity contribution is 6.32. The number of hydrogen-bond acceptors (Lipinski definition) is 3. The molecule has 2 aromatic carbocycles. The van der Waals surface area contributed by atoms with Crippen LogP contribution in [-0.4, -0.2) is 18.6 Å². The fourth-order valence-corrected chi connectivity index (χ4v) is 2.83. The number of benzene rings is 2. The predicted molar refractivity (Wildman–Crippen MR) is 92.0 cm³/mol. The Morgan fingerprint density at radius 2 is 2.12 bits per heavy atom. The van der Waals surface area contributed by atoms with Crippen molar-refractivity contribution in [1.82, 2.24) is 5.32 Å². The molecule has 24 heavy (non-hydrogen) atoms. The van der Waals surface area contributed by atoms with E-state index in [1.54, 1.807) is 37.3 Å². The summed E-state index contributed by atoms with van der Waals surface area (Å²) in [6, 6.07) is 10.3. The quantitative estimate of drug-likeness (QED) is 0.888. The van der Waals surface area contributed by atoms with Crippen LogP contribution in [0.3, 0.4) is 0 Å². The highest BCUT2D eigenvalue weighted by atomic mass is 35.5. The van der Waals surface area contributed by atoms with Crippen LogP contribution in [0.4, 0.5) is 10.1 Å². The summed E-state index contributed by atoms with van der Waals surface area (Å²) in [6.07, 6.45) is -0.196. The largest absolute Gasteiger partial charge is 0.479 e. The molecule has 4 nitrogen and oxygen atoms in total. The first-order chi connectivity index (χ1) is 11.6. The van der Waals surface area contributed by atoms with Crippen molar-refractivity contribution in [3.05, 3.63) is 58.4 Å². The summed E-state index contributed by atoms with van der Waals surface area (Å²) in [7, 11) is 0. The van der Waals surface area contributed by atoms with E-state index in [9.17, 15) is 9.18 Å². The second-order valence-electron chi connectivity index (χ2n) is 5.67. The molecule has 0 radical (unpaired) electrons. The van der Waals surface area contributed by atoms with Gasteiger partial charge < -0.3 is 15.4 Å². The van der Waals surface area contributed by atoms with Crippen LogP contribution >= 0.6 is 11.6 Å². The summed E-state index contributed by atoms with van der Waals surface area (Å²) in [6.45, 7) is 2.97. The van der Waals surface area contributed by atoms with Crippen LogP contribution in [0.5, 0.6) is 5.75 Å². The van der Waals surface area contributed by atoms with Gasteiger partial charge in [-0.1, -0.05) is 29.8 Å². The van der Waals surface area contributed by atoms with Gasteiger partial charge in [-0.3, -0.25) is 4.79 Å². The summed E-state index contributed by atoms with van der Waals surface area (Å²) in [5, 5.41) is 6.21. The van der Waals surface area contributed by atoms with Gasteiger partial charge in [-0.15, -0.1) is 0 Å². The molecule has 1 unspecified atom stereocenters. The summed E-state index contributed by atoms with van der Waals surface area (Å²) in [5.74, 6) is -0.381. The van der Waals surface area contributed by atoms with E-state index in [2.05, 4.69) is 10.6 Å². The number of halogens is 2. The molecule has 0 aromatic heterocycles. The molecule has 2 aromatic rings. The van der Waals surface area contributed by atoms with Gasteiger partial charge in [0.25, 0.3) is 5.91 Å². The zero-order valence-electron chi connectivity index (χ0n) is 13.2. The molecule has 0 saturated heterocycles. The van der Waals surface area contributed by atoms with Gasteiger partial charge >= 0.3 is 0 Å². The van der Waals surface area contributed by atoms with Crippen LogP contribution in [0.1, 0.15) is 18.1 Å². The molecule has 0 aliphatic carbocycles. The third kappa shape index (κ3) is 3.52. The minimum Gasteiger partial charge on any atom is -0.479 e. The molecule has 126 valence electrons. The van der Waals surface area contributed by atoms with E-state index in [1.807, 2.05) is 6.07 Å². The van der Waals surface area contributed by atoms with Gasteiger partial charge in [0.15, 0.2) is 6.10 Å². The molecule has 1 amide bonds. The Balaban J connectivity index is 1.71. The molecule has 1 aliphatic heterocycles. The number of rotatable bonds is 4. The lowest BCUT2D eigenvalue weighted by Crippen LogP contribution is -2.31. The van der Waals surface area contributed by atoms with Gasteiger partial charge in [-0.25, -0.2) is 4.39 Å². The maximum absolute atomic E-state index is 14.6. The standard InChI is InChI=1S/C18H18ClFN2O2/c1-11(24-16-5-3-2-4-14(16)19)18(23)22-15-7-6-12-10-21-9-8-13(12)17(15)20/h2-7,11,21H,8-10H2,1H3,(H,22,23). The minimum absolute atomic E-state index is 0.176. The maximum atomic E-state index is 14.6. The van der Waals surface area contributed by atoms with Crippen molar-refractivity contribution in [1.29, 1.82) is 0 Å². The van der Waals surface area contributed by atoms with E-state index in [4.69, 9.17) is 16.3 Å². The Morgan fingerprint density at radius 1 is 1.33 bits per heavy atom. The van der Waals surface area contributed by atoms with Gasteiger partial charge in [0.05, 0.1) is 10.7 Å². The van der Waals surface area contributed by atoms with E-state index in [0.29, 0.717) is 29.3 Å². The topological polar surface area (TPSA) is 50.4 Å². The lowest BCUT2D eigenvalue weighted by atomic mass is 9.99. The molecular formula is C18H18ClFN2O2. The number of para-hydroxylation sites is 1. The van der Waals surface area contributed by atoms with Gasteiger partial charge in [0.2, 0.25) is 0 Å². The zero-order chi connectivity index (χ0) is 17.1. The number of amides is 1. The molecule has 0 fully saturated rings. The molecule has 0 bridgehead atoms. The SMILES string of the molecule is CC(Oc1ccccc1Cl)C(=O)Nc1ccc2c(c1F)CCNC2. The average Bonchev–Trinajstić information content (AvgIpc) is 2.59. The number of fused-ring (bicyclic) bond motifs is 1. The maximum Gasteiger partial charge on any atom is 0.265 e. The van der Waals surface area contributed by atoms with Crippen LogP contribution in [0.15, 0.2) is 36.4 Å². The number of hydrogen-bond donors (Lipinski definition) is 2. The van der Waals surface area contributed by atoms with Crippen LogP contribution < -0.4 is 15.4 Å². The third-order valence-electron chi connectivity index (χ3n) is 3.97. The summed E-state index contributed by atoms with van der Waals surface area (Å²) >= 11 is 6.02. The van der Waals surface area contributed by atoms with Gasteiger partial charge in [0.1, 0.15) is 11.6 Å². The molecule has 3 rings (SSSR count). The first-order valence-electron chi connectivity index (χ1n) is 7.79. The average molecular weight is 349 g/mol. The van der Waals surface area contributed by atoms with E-state index in [-0.39, 0.29) is 11.5 Å². The lowest BCUT2D eigenvalue weighted by molar-refractivity contribution is -0.122. The second kappa shape index (κ2) is 7.20. The van der Waals surface area contributed by atoms with Crippen molar-refractivity contribution >= 4 is 23.2 Å². The van der Waals surface area contributed by atoms with Crippen LogP contribution in [0, 0.1) is 5.82 Å². The molecule has 1 aliphatic rings. The van der Waals surface area contributed by atoms with Gasteiger partial charge in [-0.2, -0.15) is 0 Å². The first-order valence-corrected chi connectivity index (χ1v) is 8.17. The number of nitrogens with one attached hydrogen (secondary N) is 2. The lowest BCUT2D eigenvalue weighted by Gasteiger charge is -2.20. The Labute approximate surface area is 145 Å². The molecule has 2 N–H and O–H groups in total. The number of ether oxygens (including phenoxy) is 1. The van der Waals surface area contributed by atoms with E-state index >= 15 is 0 Å². The van der Waals surface area contributed by atoms with E-state index < -0.39 is 12.0 Å². The minimum atomic E-state index is -0.804. The Bertz CT molecular complexity index is 767. The Kier molecular flexibility index (Phi) is 5.02. The highest BCUT2D eigenvalue weighted by Gasteiger charge is 2.21. The first kappa shape index (κ1) is 16.7. The Morgan fingerprint density at radius 3 is 2.92 bits per heavy atom. The van der Waals surface area contributed by atoms with Crippen LogP contribution in [0.2, 0.25) is 5.02 Å². The normalized spacial score (nSPS) is 14.6. The predicted octanol–water partition coefficient (Wildman–Crippen LogP) is 3.53. The summed E-state index contributed by atoms with van der Waals surface area (Å²) in [4.78, 5) is 12.3. The number of carbonyl (C=O) groups is 1. The van der Waals surface area contributed by atoms with E-state index in [0.717, 1.165) is 12.1 Å². The fraction of sp³-hybridized carbons (Fsp3) is 0.278. The van der Waals surface area contributed by atoms with Crippen molar-refractivity contribution < 1.29 is 13.9 Å². The molecule has 1 atom stereocenters. The smallest absolute Gasteiger partial charge is 0.265 e. The van der Waals surface area contributed by atoms with Crippen molar-refractivity contribution in [2.24, 2.45) is 0 Å². The highest BCUT2D eigenvalue weighted by Crippen LogP contribution is 2.26. The zero-order valence-corrected chi connectivity index (χ0v) is 14.0. The van der Waals surface area contributed by atoms with Crippen molar-refractivity contribution in [2.75, 3.05) is 11.9 Å². The van der Waals surface area contributed by atoms with Crippen LogP contribution in [-0.2, 0) is 17.8 Å². The van der Waals surface area contributed by atoms with Crippen molar-refractivity contribution in [2.45, 2.75) is 26.0 Å². The van der Waals surface area contributed by atoms with Crippen molar-refractivity contribution in [3.8, 4) is 5.75 Å². The molecule has 0 spiro atoms. The van der Waals surface area contributed by atoms with E-state index in [1.165, 1.54) is 0 Å². The van der Waals surface area contributed by atoms with Crippen molar-refractivity contribution in [3.63, 3.8) is 0 Å². The van der Waals surface area contributed by atoms with Gasteiger partial charge in [-0.05, 0) is 49.2 Å². The monoisotopic (exact) mass is 348 g/mol.